The Bertz CT molecular complexity index is 262. The van der Waals surface area contributed by atoms with Crippen LogP contribution in [0.5, 0.6) is 0 Å². The molecule has 0 aromatic rings. The summed E-state index contributed by atoms with van der Waals surface area (Å²) in [5.41, 5.74) is 6.01. The molecule has 0 aromatic carbocycles. The van der Waals surface area contributed by atoms with E-state index >= 15 is 0 Å². The summed E-state index contributed by atoms with van der Waals surface area (Å²) >= 11 is 0. The third kappa shape index (κ3) is 2.17. The van der Waals surface area contributed by atoms with E-state index in [1.54, 1.807) is 0 Å². The topological polar surface area (TPSA) is 55.1 Å². The second kappa shape index (κ2) is 3.78. The molecular formula is C12H22N2O. The minimum absolute atomic E-state index is 0.186. The van der Waals surface area contributed by atoms with E-state index in [4.69, 9.17) is 5.73 Å². The van der Waals surface area contributed by atoms with Gasteiger partial charge in [-0.25, -0.2) is 0 Å². The highest BCUT2D eigenvalue weighted by Crippen LogP contribution is 2.45. The molecule has 2 aliphatic rings. The molecule has 0 saturated heterocycles. The maximum absolute atomic E-state index is 12.0. The maximum Gasteiger partial charge on any atom is 0.223 e. The molecular weight excluding hydrogens is 188 g/mol. The standard InChI is InChI=1S/C12H22N2O/c1-12(2)6-10(12)14-11(15)9-5-3-4-8(9)7-13/h8-10H,3-7,13H2,1-2H3,(H,14,15). The van der Waals surface area contributed by atoms with Crippen LogP contribution in [0.1, 0.15) is 39.5 Å². The average Bonchev–Trinajstić information content (AvgIpc) is 2.67. The molecule has 86 valence electrons. The molecule has 1 amide bonds. The fourth-order valence-electron chi connectivity index (χ4n) is 2.66. The lowest BCUT2D eigenvalue weighted by Gasteiger charge is -2.18. The normalized spacial score (nSPS) is 37.7. The molecule has 0 heterocycles. The number of nitrogens with two attached hydrogens (primary N) is 1. The predicted molar refractivity (Wildman–Crippen MR) is 60.2 cm³/mol. The smallest absolute Gasteiger partial charge is 0.223 e. The maximum atomic E-state index is 12.0. The molecule has 0 bridgehead atoms. The van der Waals surface area contributed by atoms with Gasteiger partial charge in [0.15, 0.2) is 0 Å². The summed E-state index contributed by atoms with van der Waals surface area (Å²) in [5, 5.41) is 3.16. The van der Waals surface area contributed by atoms with Crippen LogP contribution in [-0.2, 0) is 4.79 Å². The first kappa shape index (κ1) is 10.9. The summed E-state index contributed by atoms with van der Waals surface area (Å²) < 4.78 is 0. The molecule has 3 atom stereocenters. The predicted octanol–water partition coefficient (Wildman–Crippen LogP) is 1.28. The number of amides is 1. The van der Waals surface area contributed by atoms with Crippen LogP contribution in [0.15, 0.2) is 0 Å². The number of nitrogens with one attached hydrogen (secondary N) is 1. The van der Waals surface area contributed by atoms with Crippen molar-refractivity contribution in [1.82, 2.24) is 5.32 Å². The molecule has 3 nitrogen and oxygen atoms in total. The fraction of sp³-hybridized carbons (Fsp3) is 0.917. The lowest BCUT2D eigenvalue weighted by atomic mass is 9.95. The first-order valence-electron chi connectivity index (χ1n) is 6.05. The molecule has 2 saturated carbocycles. The van der Waals surface area contributed by atoms with Crippen LogP contribution in [0.25, 0.3) is 0 Å². The Morgan fingerprint density at radius 3 is 2.67 bits per heavy atom. The van der Waals surface area contributed by atoms with Crippen molar-refractivity contribution in [2.24, 2.45) is 23.0 Å². The van der Waals surface area contributed by atoms with Crippen molar-refractivity contribution in [1.29, 1.82) is 0 Å². The minimum Gasteiger partial charge on any atom is -0.353 e. The van der Waals surface area contributed by atoms with Crippen LogP contribution in [0.2, 0.25) is 0 Å². The van der Waals surface area contributed by atoms with E-state index in [2.05, 4.69) is 19.2 Å². The monoisotopic (exact) mass is 210 g/mol. The average molecular weight is 210 g/mol. The fourth-order valence-corrected chi connectivity index (χ4v) is 2.66. The van der Waals surface area contributed by atoms with Gasteiger partial charge in [-0.15, -0.1) is 0 Å². The van der Waals surface area contributed by atoms with Gasteiger partial charge in [-0.1, -0.05) is 20.3 Å². The zero-order valence-electron chi connectivity index (χ0n) is 9.75. The molecule has 0 spiro atoms. The van der Waals surface area contributed by atoms with E-state index in [1.807, 2.05) is 0 Å². The molecule has 3 unspecified atom stereocenters. The Morgan fingerprint density at radius 2 is 2.13 bits per heavy atom. The van der Waals surface area contributed by atoms with E-state index in [-0.39, 0.29) is 11.8 Å². The van der Waals surface area contributed by atoms with E-state index in [9.17, 15) is 4.79 Å². The zero-order chi connectivity index (χ0) is 11.1. The summed E-state index contributed by atoms with van der Waals surface area (Å²) in [5.74, 6) is 0.858. The number of rotatable bonds is 3. The molecule has 3 heteroatoms. The van der Waals surface area contributed by atoms with Crippen molar-refractivity contribution in [2.75, 3.05) is 6.54 Å². The van der Waals surface area contributed by atoms with Gasteiger partial charge in [-0.2, -0.15) is 0 Å². The lowest BCUT2D eigenvalue weighted by molar-refractivity contribution is -0.126. The molecule has 2 fully saturated rings. The van der Waals surface area contributed by atoms with Crippen LogP contribution in [0.3, 0.4) is 0 Å². The summed E-state index contributed by atoms with van der Waals surface area (Å²) in [6.07, 6.45) is 4.44. The van der Waals surface area contributed by atoms with E-state index in [1.165, 1.54) is 0 Å². The van der Waals surface area contributed by atoms with Gasteiger partial charge in [0.25, 0.3) is 0 Å². The van der Waals surface area contributed by atoms with Crippen molar-refractivity contribution in [3.05, 3.63) is 0 Å². The van der Waals surface area contributed by atoms with Gasteiger partial charge in [-0.05, 0) is 37.1 Å². The highest BCUT2D eigenvalue weighted by atomic mass is 16.2. The summed E-state index contributed by atoms with van der Waals surface area (Å²) in [6.45, 7) is 5.06. The van der Waals surface area contributed by atoms with E-state index < -0.39 is 0 Å². The van der Waals surface area contributed by atoms with Crippen molar-refractivity contribution in [2.45, 2.75) is 45.6 Å². The molecule has 2 aliphatic carbocycles. The first-order chi connectivity index (χ1) is 7.04. The number of hydrogen-bond acceptors (Lipinski definition) is 2. The third-order valence-corrected chi connectivity index (χ3v) is 4.13. The Hall–Kier alpha value is -0.570. The van der Waals surface area contributed by atoms with Crippen molar-refractivity contribution >= 4 is 5.91 Å². The van der Waals surface area contributed by atoms with Gasteiger partial charge in [0.2, 0.25) is 5.91 Å². The SMILES string of the molecule is CC1(C)CC1NC(=O)C1CCCC1CN. The van der Waals surface area contributed by atoms with Crippen LogP contribution in [0, 0.1) is 17.3 Å². The van der Waals surface area contributed by atoms with Crippen molar-refractivity contribution < 1.29 is 4.79 Å². The van der Waals surface area contributed by atoms with Crippen LogP contribution < -0.4 is 11.1 Å². The molecule has 15 heavy (non-hydrogen) atoms. The highest BCUT2D eigenvalue weighted by molar-refractivity contribution is 5.80. The number of hydrogen-bond donors (Lipinski definition) is 2. The highest BCUT2D eigenvalue weighted by Gasteiger charge is 2.47. The zero-order valence-corrected chi connectivity index (χ0v) is 9.75. The van der Waals surface area contributed by atoms with Gasteiger partial charge >= 0.3 is 0 Å². The van der Waals surface area contributed by atoms with Gasteiger partial charge in [-0.3, -0.25) is 4.79 Å². The summed E-state index contributed by atoms with van der Waals surface area (Å²) in [4.78, 5) is 12.0. The molecule has 2 rings (SSSR count). The number of carbonyl (C=O) groups excluding carboxylic acids is 1. The second-order valence-electron chi connectivity index (χ2n) is 5.79. The lowest BCUT2D eigenvalue weighted by Crippen LogP contribution is -2.37. The van der Waals surface area contributed by atoms with Crippen LogP contribution >= 0.6 is 0 Å². The minimum atomic E-state index is 0.186. The Morgan fingerprint density at radius 1 is 1.47 bits per heavy atom. The quantitative estimate of drug-likeness (QED) is 0.737. The summed E-state index contributed by atoms with van der Waals surface area (Å²) in [6, 6.07) is 0.407. The second-order valence-corrected chi connectivity index (χ2v) is 5.79. The van der Waals surface area contributed by atoms with E-state index in [0.29, 0.717) is 23.9 Å². The Balaban J connectivity index is 1.86. The molecule has 0 aromatic heterocycles. The van der Waals surface area contributed by atoms with Gasteiger partial charge in [0.1, 0.15) is 0 Å². The van der Waals surface area contributed by atoms with Crippen LogP contribution in [-0.4, -0.2) is 18.5 Å². The summed E-state index contributed by atoms with van der Waals surface area (Å²) in [7, 11) is 0. The van der Waals surface area contributed by atoms with Crippen molar-refractivity contribution in [3.8, 4) is 0 Å². The molecule has 0 aliphatic heterocycles. The largest absolute Gasteiger partial charge is 0.353 e. The first-order valence-corrected chi connectivity index (χ1v) is 6.05. The van der Waals surface area contributed by atoms with E-state index in [0.717, 1.165) is 25.7 Å². The Labute approximate surface area is 91.8 Å². The van der Waals surface area contributed by atoms with Gasteiger partial charge in [0, 0.05) is 12.0 Å². The third-order valence-electron chi connectivity index (χ3n) is 4.13. The van der Waals surface area contributed by atoms with Crippen molar-refractivity contribution in [3.63, 3.8) is 0 Å². The molecule has 3 N–H and O–H groups in total. The molecule has 0 radical (unpaired) electrons. The van der Waals surface area contributed by atoms with Gasteiger partial charge in [0.05, 0.1) is 0 Å². The van der Waals surface area contributed by atoms with Crippen LogP contribution in [0.4, 0.5) is 0 Å². The number of carbonyl (C=O) groups is 1. The Kier molecular flexibility index (Phi) is 2.75. The van der Waals surface area contributed by atoms with Gasteiger partial charge < -0.3 is 11.1 Å².